The quantitative estimate of drug-likeness (QED) is 0.754. The minimum atomic E-state index is -0.960. The van der Waals surface area contributed by atoms with Gasteiger partial charge in [0.15, 0.2) is 0 Å². The lowest BCUT2D eigenvalue weighted by molar-refractivity contribution is 0.0532. The Labute approximate surface area is 99.8 Å². The number of ether oxygens (including phenoxy) is 1. The first-order valence-electron chi connectivity index (χ1n) is 5.57. The highest BCUT2D eigenvalue weighted by Crippen LogP contribution is 2.26. The number of aromatic carboxylic acids is 1. The summed E-state index contributed by atoms with van der Waals surface area (Å²) < 4.78 is 5.45. The second-order valence-corrected chi connectivity index (χ2v) is 4.21. The smallest absolute Gasteiger partial charge is 0.335 e. The number of carboxylic acids is 1. The number of benzene rings is 1. The van der Waals surface area contributed by atoms with Gasteiger partial charge in [0.05, 0.1) is 29.6 Å². The Morgan fingerprint density at radius 3 is 2.94 bits per heavy atom. The minimum absolute atomic E-state index is 0.169. The summed E-state index contributed by atoms with van der Waals surface area (Å²) in [6.45, 7) is 4.23. The van der Waals surface area contributed by atoms with Crippen LogP contribution in [0.1, 0.15) is 17.3 Å². The Hall–Kier alpha value is -1.75. The molecule has 1 atom stereocenters. The van der Waals surface area contributed by atoms with Crippen molar-refractivity contribution in [3.05, 3.63) is 23.8 Å². The van der Waals surface area contributed by atoms with Gasteiger partial charge in [0.25, 0.3) is 0 Å². The standard InChI is InChI=1S/C12H16N2O3/c1-8-7-14(4-5-17-8)11-3-2-9(12(15)16)6-10(11)13/h2-3,6,8H,4-5,7,13H2,1H3,(H,15,16). The maximum Gasteiger partial charge on any atom is 0.335 e. The molecule has 0 aromatic heterocycles. The molecule has 0 aliphatic carbocycles. The summed E-state index contributed by atoms with van der Waals surface area (Å²) in [5, 5.41) is 8.86. The van der Waals surface area contributed by atoms with Crippen molar-refractivity contribution in [3.8, 4) is 0 Å². The highest BCUT2D eigenvalue weighted by atomic mass is 16.5. The van der Waals surface area contributed by atoms with E-state index in [0.29, 0.717) is 12.3 Å². The van der Waals surface area contributed by atoms with Gasteiger partial charge in [0.2, 0.25) is 0 Å². The van der Waals surface area contributed by atoms with Crippen LogP contribution in [0, 0.1) is 0 Å². The van der Waals surface area contributed by atoms with E-state index in [4.69, 9.17) is 15.6 Å². The van der Waals surface area contributed by atoms with Gasteiger partial charge in [0.1, 0.15) is 0 Å². The number of nitrogens with zero attached hydrogens (tertiary/aromatic N) is 1. The lowest BCUT2D eigenvalue weighted by Crippen LogP contribution is -2.41. The van der Waals surface area contributed by atoms with Crippen molar-refractivity contribution in [2.75, 3.05) is 30.3 Å². The summed E-state index contributed by atoms with van der Waals surface area (Å²) in [6, 6.07) is 4.84. The predicted molar refractivity (Wildman–Crippen MR) is 65.4 cm³/mol. The molecule has 0 bridgehead atoms. The number of hydrogen-bond acceptors (Lipinski definition) is 4. The molecule has 3 N–H and O–H groups in total. The molecule has 0 amide bonds. The van der Waals surface area contributed by atoms with Crippen LogP contribution >= 0.6 is 0 Å². The van der Waals surface area contributed by atoms with E-state index >= 15 is 0 Å². The molecule has 92 valence electrons. The minimum Gasteiger partial charge on any atom is -0.478 e. The van der Waals surface area contributed by atoms with Crippen LogP contribution in [0.2, 0.25) is 0 Å². The van der Waals surface area contributed by atoms with Crippen LogP contribution in [0.3, 0.4) is 0 Å². The van der Waals surface area contributed by atoms with Gasteiger partial charge < -0.3 is 20.5 Å². The third-order valence-corrected chi connectivity index (χ3v) is 2.86. The van der Waals surface area contributed by atoms with Crippen LogP contribution in [-0.2, 0) is 4.74 Å². The second-order valence-electron chi connectivity index (χ2n) is 4.21. The van der Waals surface area contributed by atoms with Crippen LogP contribution < -0.4 is 10.6 Å². The van der Waals surface area contributed by atoms with Crippen LogP contribution in [0.4, 0.5) is 11.4 Å². The lowest BCUT2D eigenvalue weighted by atomic mass is 10.1. The van der Waals surface area contributed by atoms with Gasteiger partial charge in [-0.05, 0) is 25.1 Å². The van der Waals surface area contributed by atoms with Crippen molar-refractivity contribution in [2.45, 2.75) is 13.0 Å². The summed E-state index contributed by atoms with van der Waals surface area (Å²) in [5.74, 6) is -0.960. The zero-order valence-electron chi connectivity index (χ0n) is 9.72. The summed E-state index contributed by atoms with van der Waals surface area (Å²) in [4.78, 5) is 12.9. The Morgan fingerprint density at radius 1 is 1.59 bits per heavy atom. The normalized spacial score (nSPS) is 20.3. The molecule has 1 saturated heterocycles. The van der Waals surface area contributed by atoms with Crippen LogP contribution in [0.25, 0.3) is 0 Å². The van der Waals surface area contributed by atoms with Crippen molar-refractivity contribution in [1.29, 1.82) is 0 Å². The Kier molecular flexibility index (Phi) is 3.19. The van der Waals surface area contributed by atoms with Gasteiger partial charge in [-0.3, -0.25) is 0 Å². The second kappa shape index (κ2) is 4.63. The number of rotatable bonds is 2. The first-order chi connectivity index (χ1) is 8.08. The summed E-state index contributed by atoms with van der Waals surface area (Å²) in [6.07, 6.45) is 0.169. The van der Waals surface area contributed by atoms with Gasteiger partial charge in [-0.15, -0.1) is 0 Å². The SMILES string of the molecule is CC1CN(c2ccc(C(=O)O)cc2N)CCO1. The summed E-state index contributed by atoms with van der Waals surface area (Å²) >= 11 is 0. The molecule has 0 radical (unpaired) electrons. The summed E-state index contributed by atoms with van der Waals surface area (Å²) in [5.41, 5.74) is 7.48. The van der Waals surface area contributed by atoms with Crippen LogP contribution in [0.5, 0.6) is 0 Å². The van der Waals surface area contributed by atoms with Crippen molar-refractivity contribution in [1.82, 2.24) is 0 Å². The van der Waals surface area contributed by atoms with Crippen molar-refractivity contribution >= 4 is 17.3 Å². The molecule has 1 aromatic rings. The van der Waals surface area contributed by atoms with Gasteiger partial charge >= 0.3 is 5.97 Å². The van der Waals surface area contributed by atoms with E-state index < -0.39 is 5.97 Å². The van der Waals surface area contributed by atoms with Crippen LogP contribution in [-0.4, -0.2) is 36.9 Å². The fourth-order valence-electron chi connectivity index (χ4n) is 2.01. The third kappa shape index (κ3) is 2.50. The number of carboxylic acid groups (broad SMARTS) is 1. The molecule has 1 unspecified atom stereocenters. The molecule has 1 heterocycles. The van der Waals surface area contributed by atoms with E-state index in [1.165, 1.54) is 6.07 Å². The number of anilines is 2. The first-order valence-corrected chi connectivity index (χ1v) is 5.57. The molecule has 1 aromatic carbocycles. The maximum absolute atomic E-state index is 10.8. The van der Waals surface area contributed by atoms with E-state index in [0.717, 1.165) is 18.8 Å². The fourth-order valence-corrected chi connectivity index (χ4v) is 2.01. The number of hydrogen-bond donors (Lipinski definition) is 2. The lowest BCUT2D eigenvalue weighted by Gasteiger charge is -2.33. The summed E-state index contributed by atoms with van der Waals surface area (Å²) in [7, 11) is 0. The van der Waals surface area contributed by atoms with Crippen molar-refractivity contribution < 1.29 is 14.6 Å². The Balaban J connectivity index is 2.23. The highest BCUT2D eigenvalue weighted by Gasteiger charge is 2.19. The number of nitrogens with two attached hydrogens (primary N) is 1. The first kappa shape index (κ1) is 11.7. The molecular formula is C12H16N2O3. The van der Waals surface area contributed by atoms with E-state index in [1.807, 2.05) is 6.92 Å². The zero-order valence-corrected chi connectivity index (χ0v) is 9.72. The van der Waals surface area contributed by atoms with Gasteiger partial charge in [-0.2, -0.15) is 0 Å². The van der Waals surface area contributed by atoms with E-state index in [2.05, 4.69) is 4.90 Å². The number of carbonyl (C=O) groups is 1. The van der Waals surface area contributed by atoms with Gasteiger partial charge in [0, 0.05) is 13.1 Å². The maximum atomic E-state index is 10.8. The van der Waals surface area contributed by atoms with E-state index in [9.17, 15) is 4.79 Å². The molecule has 0 spiro atoms. The third-order valence-electron chi connectivity index (χ3n) is 2.86. The molecular weight excluding hydrogens is 220 g/mol. The molecule has 17 heavy (non-hydrogen) atoms. The monoisotopic (exact) mass is 236 g/mol. The van der Waals surface area contributed by atoms with Crippen LogP contribution in [0.15, 0.2) is 18.2 Å². The van der Waals surface area contributed by atoms with Crippen molar-refractivity contribution in [3.63, 3.8) is 0 Å². The molecule has 2 rings (SSSR count). The molecule has 1 fully saturated rings. The number of morpholine rings is 1. The topological polar surface area (TPSA) is 75.8 Å². The van der Waals surface area contributed by atoms with Gasteiger partial charge in [-0.25, -0.2) is 4.79 Å². The fraction of sp³-hybridized carbons (Fsp3) is 0.417. The van der Waals surface area contributed by atoms with E-state index in [-0.39, 0.29) is 11.7 Å². The average molecular weight is 236 g/mol. The zero-order chi connectivity index (χ0) is 12.4. The Morgan fingerprint density at radius 2 is 2.35 bits per heavy atom. The molecule has 1 aliphatic heterocycles. The van der Waals surface area contributed by atoms with Crippen molar-refractivity contribution in [2.24, 2.45) is 0 Å². The van der Waals surface area contributed by atoms with Gasteiger partial charge in [-0.1, -0.05) is 0 Å². The largest absolute Gasteiger partial charge is 0.478 e. The Bertz CT molecular complexity index is 434. The number of nitrogen functional groups attached to an aromatic ring is 1. The molecule has 0 saturated carbocycles. The van der Waals surface area contributed by atoms with E-state index in [1.54, 1.807) is 12.1 Å². The highest BCUT2D eigenvalue weighted by molar-refractivity contribution is 5.90. The molecule has 5 heteroatoms. The average Bonchev–Trinajstić information content (AvgIpc) is 2.28. The molecule has 5 nitrogen and oxygen atoms in total. The predicted octanol–water partition coefficient (Wildman–Crippen LogP) is 1.19. The molecule has 1 aliphatic rings.